The summed E-state index contributed by atoms with van der Waals surface area (Å²) >= 11 is 0. The van der Waals surface area contributed by atoms with Crippen molar-refractivity contribution < 1.29 is 10.2 Å². The molecule has 1 aromatic heterocycles. The number of hydrogen-bond acceptors (Lipinski definition) is 4. The van der Waals surface area contributed by atoms with Crippen LogP contribution >= 0.6 is 0 Å². The third kappa shape index (κ3) is 1.84. The molecule has 0 aliphatic rings. The Bertz CT molecular complexity index is 453. The van der Waals surface area contributed by atoms with E-state index in [0.717, 1.165) is 22.2 Å². The van der Waals surface area contributed by atoms with Crippen LogP contribution in [0.4, 0.5) is 0 Å². The second-order valence-electron chi connectivity index (χ2n) is 3.34. The molecule has 0 atom stereocenters. The van der Waals surface area contributed by atoms with E-state index in [9.17, 15) is 0 Å². The van der Waals surface area contributed by atoms with Crippen LogP contribution in [0.1, 0.15) is 11.1 Å². The van der Waals surface area contributed by atoms with E-state index in [1.807, 2.05) is 12.1 Å². The van der Waals surface area contributed by atoms with E-state index in [1.165, 1.54) is 0 Å². The molecule has 5 heteroatoms. The molecule has 15 heavy (non-hydrogen) atoms. The van der Waals surface area contributed by atoms with Gasteiger partial charge in [-0.2, -0.15) is 15.4 Å². The number of aliphatic hydroxyl groups excluding tert-OH is 2. The Kier molecular flexibility index (Phi) is 2.94. The Morgan fingerprint density at radius 2 is 1.87 bits per heavy atom. The molecule has 0 aliphatic heterocycles. The van der Waals surface area contributed by atoms with Gasteiger partial charge in [0.15, 0.2) is 0 Å². The molecule has 1 heterocycles. The van der Waals surface area contributed by atoms with Crippen molar-refractivity contribution in [2.45, 2.75) is 12.8 Å². The first-order valence-corrected chi connectivity index (χ1v) is 4.89. The fraction of sp³-hybridized carbons (Fsp3) is 0.400. The van der Waals surface area contributed by atoms with Crippen LogP contribution in [-0.4, -0.2) is 38.8 Å². The first-order valence-electron chi connectivity index (χ1n) is 4.89. The van der Waals surface area contributed by atoms with Crippen LogP contribution in [0.2, 0.25) is 0 Å². The summed E-state index contributed by atoms with van der Waals surface area (Å²) in [6.45, 7) is 0.173. The highest BCUT2D eigenvalue weighted by Crippen LogP contribution is 2.19. The molecular formula is C10H13N3O2. The molecule has 1 aromatic carbocycles. The molecule has 0 saturated carbocycles. The van der Waals surface area contributed by atoms with Crippen molar-refractivity contribution in [2.75, 3.05) is 13.2 Å². The minimum Gasteiger partial charge on any atom is -0.396 e. The summed E-state index contributed by atoms with van der Waals surface area (Å²) in [5, 5.41) is 28.5. The fourth-order valence-electron chi connectivity index (χ4n) is 1.76. The van der Waals surface area contributed by atoms with Crippen LogP contribution in [0.3, 0.4) is 0 Å². The van der Waals surface area contributed by atoms with Crippen LogP contribution in [0, 0.1) is 0 Å². The minimum atomic E-state index is 0.0738. The zero-order valence-corrected chi connectivity index (χ0v) is 8.27. The Balaban J connectivity index is 2.53. The second-order valence-corrected chi connectivity index (χ2v) is 3.34. The van der Waals surface area contributed by atoms with Gasteiger partial charge in [0, 0.05) is 13.2 Å². The number of aliphatic hydroxyl groups is 2. The lowest BCUT2D eigenvalue weighted by Gasteiger charge is -2.06. The van der Waals surface area contributed by atoms with Gasteiger partial charge >= 0.3 is 0 Å². The summed E-state index contributed by atoms with van der Waals surface area (Å²) in [4.78, 5) is 0. The number of benzene rings is 1. The van der Waals surface area contributed by atoms with Gasteiger partial charge in [0.1, 0.15) is 11.0 Å². The summed E-state index contributed by atoms with van der Waals surface area (Å²) < 4.78 is 0. The van der Waals surface area contributed by atoms with Gasteiger partial charge in [-0.05, 0) is 30.0 Å². The van der Waals surface area contributed by atoms with E-state index in [4.69, 9.17) is 10.2 Å². The van der Waals surface area contributed by atoms with Crippen LogP contribution < -0.4 is 0 Å². The van der Waals surface area contributed by atoms with E-state index in [-0.39, 0.29) is 13.2 Å². The van der Waals surface area contributed by atoms with Crippen molar-refractivity contribution in [3.05, 3.63) is 23.3 Å². The zero-order valence-electron chi connectivity index (χ0n) is 8.27. The van der Waals surface area contributed by atoms with Crippen molar-refractivity contribution in [1.82, 2.24) is 15.4 Å². The second kappa shape index (κ2) is 4.37. The highest BCUT2D eigenvalue weighted by Gasteiger charge is 2.09. The van der Waals surface area contributed by atoms with Crippen LogP contribution in [0.25, 0.3) is 11.0 Å². The molecule has 3 N–H and O–H groups in total. The standard InChI is InChI=1S/C10H13N3O2/c14-5-3-7-1-2-9-10(12-13-11-9)8(7)4-6-15/h1-2,14-15H,3-6H2,(H,11,12,13). The first-order chi connectivity index (χ1) is 7.36. The van der Waals surface area contributed by atoms with Gasteiger partial charge in [0.25, 0.3) is 0 Å². The molecule has 0 unspecified atom stereocenters. The van der Waals surface area contributed by atoms with Crippen molar-refractivity contribution in [2.24, 2.45) is 0 Å². The third-order valence-corrected chi connectivity index (χ3v) is 2.43. The average molecular weight is 207 g/mol. The number of fused-ring (bicyclic) bond motifs is 1. The Morgan fingerprint density at radius 3 is 2.60 bits per heavy atom. The molecule has 0 spiro atoms. The van der Waals surface area contributed by atoms with Crippen LogP contribution in [-0.2, 0) is 12.8 Å². The Morgan fingerprint density at radius 1 is 1.07 bits per heavy atom. The van der Waals surface area contributed by atoms with Crippen LogP contribution in [0.15, 0.2) is 12.1 Å². The lowest BCUT2D eigenvalue weighted by atomic mass is 10.0. The molecule has 0 saturated heterocycles. The van der Waals surface area contributed by atoms with E-state index in [2.05, 4.69) is 15.4 Å². The number of H-pyrrole nitrogens is 1. The predicted octanol–water partition coefficient (Wildman–Crippen LogP) is 0.0275. The normalized spacial score (nSPS) is 11.1. The topological polar surface area (TPSA) is 82.0 Å². The van der Waals surface area contributed by atoms with E-state index in [1.54, 1.807) is 0 Å². The predicted molar refractivity (Wildman–Crippen MR) is 55.5 cm³/mol. The number of nitrogens with one attached hydrogen (secondary N) is 1. The van der Waals surface area contributed by atoms with Crippen molar-refractivity contribution in [3.8, 4) is 0 Å². The maximum Gasteiger partial charge on any atom is 0.116 e. The minimum absolute atomic E-state index is 0.0738. The molecule has 0 amide bonds. The number of rotatable bonds is 4. The lowest BCUT2D eigenvalue weighted by molar-refractivity contribution is 0.293. The lowest BCUT2D eigenvalue weighted by Crippen LogP contribution is -2.01. The Labute approximate surface area is 86.7 Å². The smallest absolute Gasteiger partial charge is 0.116 e. The van der Waals surface area contributed by atoms with Crippen molar-refractivity contribution in [3.63, 3.8) is 0 Å². The molecule has 0 aliphatic carbocycles. The number of nitrogens with zero attached hydrogens (tertiary/aromatic N) is 2. The highest BCUT2D eigenvalue weighted by molar-refractivity contribution is 5.78. The summed E-state index contributed by atoms with van der Waals surface area (Å²) in [6.07, 6.45) is 1.12. The van der Waals surface area contributed by atoms with Crippen LogP contribution in [0.5, 0.6) is 0 Å². The van der Waals surface area contributed by atoms with E-state index < -0.39 is 0 Å². The van der Waals surface area contributed by atoms with Crippen molar-refractivity contribution in [1.29, 1.82) is 0 Å². The summed E-state index contributed by atoms with van der Waals surface area (Å²) in [6, 6.07) is 3.79. The molecule has 2 aromatic rings. The monoisotopic (exact) mass is 207 g/mol. The average Bonchev–Trinajstić information content (AvgIpc) is 2.70. The molecule has 80 valence electrons. The van der Waals surface area contributed by atoms with Gasteiger partial charge < -0.3 is 10.2 Å². The molecule has 0 radical (unpaired) electrons. The Hall–Kier alpha value is -1.46. The van der Waals surface area contributed by atoms with E-state index >= 15 is 0 Å². The molecule has 2 rings (SSSR count). The zero-order chi connectivity index (χ0) is 10.7. The van der Waals surface area contributed by atoms with Gasteiger partial charge in [-0.3, -0.25) is 0 Å². The summed E-state index contributed by atoms with van der Waals surface area (Å²) in [7, 11) is 0. The number of hydrogen-bond donors (Lipinski definition) is 3. The maximum absolute atomic E-state index is 8.99. The SMILES string of the molecule is OCCc1ccc2n[nH]nc2c1CCO. The summed E-state index contributed by atoms with van der Waals surface area (Å²) in [5.74, 6) is 0. The summed E-state index contributed by atoms with van der Waals surface area (Å²) in [5.41, 5.74) is 3.57. The fourth-order valence-corrected chi connectivity index (χ4v) is 1.76. The van der Waals surface area contributed by atoms with Gasteiger partial charge in [-0.1, -0.05) is 6.07 Å². The molecule has 5 nitrogen and oxygen atoms in total. The van der Waals surface area contributed by atoms with Gasteiger partial charge in [-0.15, -0.1) is 0 Å². The quantitative estimate of drug-likeness (QED) is 0.660. The highest BCUT2D eigenvalue weighted by atomic mass is 16.3. The van der Waals surface area contributed by atoms with Gasteiger partial charge in [-0.25, -0.2) is 0 Å². The molecule has 0 bridgehead atoms. The first kappa shape index (κ1) is 10.1. The number of aromatic amines is 1. The van der Waals surface area contributed by atoms with Gasteiger partial charge in [0.2, 0.25) is 0 Å². The van der Waals surface area contributed by atoms with Gasteiger partial charge in [0.05, 0.1) is 0 Å². The van der Waals surface area contributed by atoms with E-state index in [0.29, 0.717) is 12.8 Å². The largest absolute Gasteiger partial charge is 0.396 e. The third-order valence-electron chi connectivity index (χ3n) is 2.43. The molecule has 0 fully saturated rings. The van der Waals surface area contributed by atoms with Crippen molar-refractivity contribution >= 4 is 11.0 Å². The number of aromatic nitrogens is 3. The maximum atomic E-state index is 8.99. The molecular weight excluding hydrogens is 194 g/mol.